The molecule has 118 valence electrons. The second-order valence-electron chi connectivity index (χ2n) is 6.30. The van der Waals surface area contributed by atoms with Crippen molar-refractivity contribution in [1.29, 1.82) is 0 Å². The number of aliphatic hydroxyl groups excluding tert-OH is 2. The number of aliphatic hydroxyl groups is 2. The highest BCUT2D eigenvalue weighted by Crippen LogP contribution is 2.28. The molecular weight excluding hydrogens is 282 g/mol. The molecule has 0 bridgehead atoms. The summed E-state index contributed by atoms with van der Waals surface area (Å²) in [6, 6.07) is 5.31. The van der Waals surface area contributed by atoms with Gasteiger partial charge in [0.1, 0.15) is 0 Å². The van der Waals surface area contributed by atoms with Gasteiger partial charge in [0.2, 0.25) is 0 Å². The van der Waals surface area contributed by atoms with E-state index < -0.39 is 0 Å². The maximum absolute atomic E-state index is 12.8. The normalized spacial score (nSPS) is 24.5. The van der Waals surface area contributed by atoms with Gasteiger partial charge in [0.15, 0.2) is 5.78 Å². The standard InChI is InChI=1S/C17H21NO4/c19-9-11-6-12(10-20)8-18(7-11)17(22)15-3-1-2-14-13(15)4-5-16(14)21/h1-3,11-12,19-20H,4-10H2/t11-,12+. The average molecular weight is 303 g/mol. The van der Waals surface area contributed by atoms with Crippen molar-refractivity contribution in [3.8, 4) is 0 Å². The minimum atomic E-state index is -0.0943. The lowest BCUT2D eigenvalue weighted by Crippen LogP contribution is -2.46. The zero-order valence-corrected chi connectivity index (χ0v) is 12.5. The van der Waals surface area contributed by atoms with Gasteiger partial charge in [-0.05, 0) is 24.5 Å². The number of rotatable bonds is 3. The summed E-state index contributed by atoms with van der Waals surface area (Å²) in [4.78, 5) is 26.4. The highest BCUT2D eigenvalue weighted by molar-refractivity contribution is 6.05. The van der Waals surface area contributed by atoms with E-state index in [9.17, 15) is 19.8 Å². The predicted octanol–water partition coefficient (Wildman–Crippen LogP) is 0.878. The molecule has 22 heavy (non-hydrogen) atoms. The minimum absolute atomic E-state index is 0.00763. The molecule has 0 saturated carbocycles. The van der Waals surface area contributed by atoms with E-state index in [0.29, 0.717) is 37.1 Å². The van der Waals surface area contributed by atoms with Gasteiger partial charge in [-0.15, -0.1) is 0 Å². The van der Waals surface area contributed by atoms with Crippen LogP contribution in [0.2, 0.25) is 0 Å². The zero-order chi connectivity index (χ0) is 15.7. The quantitative estimate of drug-likeness (QED) is 0.869. The van der Waals surface area contributed by atoms with Crippen LogP contribution in [0.4, 0.5) is 0 Å². The van der Waals surface area contributed by atoms with Gasteiger partial charge in [-0.2, -0.15) is 0 Å². The third-order valence-corrected chi connectivity index (χ3v) is 4.74. The van der Waals surface area contributed by atoms with Crippen LogP contribution in [-0.2, 0) is 6.42 Å². The molecule has 3 rings (SSSR count). The molecule has 0 spiro atoms. The van der Waals surface area contributed by atoms with E-state index in [1.54, 1.807) is 23.1 Å². The molecule has 5 nitrogen and oxygen atoms in total. The molecule has 1 heterocycles. The second kappa shape index (κ2) is 6.18. The number of carbonyl (C=O) groups excluding carboxylic acids is 2. The summed E-state index contributed by atoms with van der Waals surface area (Å²) in [6.45, 7) is 1.05. The molecule has 1 aliphatic carbocycles. The van der Waals surface area contributed by atoms with Gasteiger partial charge in [-0.3, -0.25) is 9.59 Å². The van der Waals surface area contributed by atoms with E-state index >= 15 is 0 Å². The van der Waals surface area contributed by atoms with Crippen LogP contribution in [0.25, 0.3) is 0 Å². The van der Waals surface area contributed by atoms with Crippen molar-refractivity contribution in [2.24, 2.45) is 11.8 Å². The third-order valence-electron chi connectivity index (χ3n) is 4.74. The molecule has 5 heteroatoms. The number of hydrogen-bond donors (Lipinski definition) is 2. The van der Waals surface area contributed by atoms with Crippen LogP contribution in [0.1, 0.15) is 39.1 Å². The maximum atomic E-state index is 12.8. The van der Waals surface area contributed by atoms with Crippen molar-refractivity contribution in [2.45, 2.75) is 19.3 Å². The summed E-state index contributed by atoms with van der Waals surface area (Å²) < 4.78 is 0. The van der Waals surface area contributed by atoms with E-state index in [0.717, 1.165) is 12.0 Å². The number of ketones is 1. The Kier molecular flexibility index (Phi) is 4.27. The topological polar surface area (TPSA) is 77.8 Å². The molecular formula is C17H21NO4. The van der Waals surface area contributed by atoms with E-state index in [-0.39, 0.29) is 36.7 Å². The Labute approximate surface area is 129 Å². The molecule has 0 radical (unpaired) electrons. The average Bonchev–Trinajstić information content (AvgIpc) is 2.95. The lowest BCUT2D eigenvalue weighted by molar-refractivity contribution is 0.0415. The number of piperidine rings is 1. The Hall–Kier alpha value is -1.72. The molecule has 1 saturated heterocycles. The highest BCUT2D eigenvalue weighted by atomic mass is 16.3. The second-order valence-corrected chi connectivity index (χ2v) is 6.30. The fraction of sp³-hybridized carbons (Fsp3) is 0.529. The van der Waals surface area contributed by atoms with E-state index in [4.69, 9.17) is 0 Å². The Bertz CT molecular complexity index is 586. The number of Topliss-reactive ketones (excluding diaryl/α,β-unsaturated/α-hetero) is 1. The van der Waals surface area contributed by atoms with Crippen molar-refractivity contribution in [3.63, 3.8) is 0 Å². The van der Waals surface area contributed by atoms with Gasteiger partial charge in [0.05, 0.1) is 0 Å². The summed E-state index contributed by atoms with van der Waals surface area (Å²) in [5, 5.41) is 18.8. The summed E-state index contributed by atoms with van der Waals surface area (Å²) >= 11 is 0. The molecule has 1 aromatic carbocycles. The maximum Gasteiger partial charge on any atom is 0.254 e. The largest absolute Gasteiger partial charge is 0.396 e. The lowest BCUT2D eigenvalue weighted by atomic mass is 9.89. The van der Waals surface area contributed by atoms with Gasteiger partial charge >= 0.3 is 0 Å². The first kappa shape index (κ1) is 15.2. The van der Waals surface area contributed by atoms with Crippen LogP contribution in [0.5, 0.6) is 0 Å². The number of likely N-dealkylation sites (tertiary alicyclic amines) is 1. The van der Waals surface area contributed by atoms with Crippen molar-refractivity contribution in [3.05, 3.63) is 34.9 Å². The fourth-order valence-corrected chi connectivity index (χ4v) is 3.61. The molecule has 2 atom stereocenters. The van der Waals surface area contributed by atoms with Gasteiger partial charge in [-0.25, -0.2) is 0 Å². The molecule has 1 aliphatic heterocycles. The van der Waals surface area contributed by atoms with Crippen molar-refractivity contribution in [1.82, 2.24) is 4.90 Å². The van der Waals surface area contributed by atoms with Gasteiger partial charge in [0.25, 0.3) is 5.91 Å². The Morgan fingerprint density at radius 1 is 1.14 bits per heavy atom. The van der Waals surface area contributed by atoms with E-state index in [2.05, 4.69) is 0 Å². The lowest BCUT2D eigenvalue weighted by Gasteiger charge is -2.36. The molecule has 1 aromatic rings. The van der Waals surface area contributed by atoms with Crippen molar-refractivity contribution >= 4 is 11.7 Å². The van der Waals surface area contributed by atoms with Gasteiger partial charge in [-0.1, -0.05) is 12.1 Å². The first-order valence-corrected chi connectivity index (χ1v) is 7.80. The number of fused-ring (bicyclic) bond motifs is 1. The first-order chi connectivity index (χ1) is 10.6. The van der Waals surface area contributed by atoms with Gasteiger partial charge in [0, 0.05) is 55.7 Å². The Morgan fingerprint density at radius 2 is 1.82 bits per heavy atom. The van der Waals surface area contributed by atoms with Gasteiger partial charge < -0.3 is 15.1 Å². The van der Waals surface area contributed by atoms with E-state index in [1.165, 1.54) is 0 Å². The fourth-order valence-electron chi connectivity index (χ4n) is 3.61. The third kappa shape index (κ3) is 2.66. The van der Waals surface area contributed by atoms with Crippen molar-refractivity contribution < 1.29 is 19.8 Å². The number of nitrogens with zero attached hydrogens (tertiary/aromatic N) is 1. The number of carbonyl (C=O) groups is 2. The number of hydrogen-bond acceptors (Lipinski definition) is 4. The Morgan fingerprint density at radius 3 is 2.45 bits per heavy atom. The summed E-state index contributed by atoms with van der Waals surface area (Å²) in [5.41, 5.74) is 2.11. The Balaban J connectivity index is 1.86. The monoisotopic (exact) mass is 303 g/mol. The van der Waals surface area contributed by atoms with Crippen molar-refractivity contribution in [2.75, 3.05) is 26.3 Å². The van der Waals surface area contributed by atoms with Crippen LogP contribution in [0, 0.1) is 11.8 Å². The van der Waals surface area contributed by atoms with Crippen LogP contribution in [0.3, 0.4) is 0 Å². The zero-order valence-electron chi connectivity index (χ0n) is 12.5. The molecule has 2 N–H and O–H groups in total. The van der Waals surface area contributed by atoms with Crippen LogP contribution < -0.4 is 0 Å². The predicted molar refractivity (Wildman–Crippen MR) is 80.8 cm³/mol. The molecule has 0 unspecified atom stereocenters. The first-order valence-electron chi connectivity index (χ1n) is 7.80. The molecule has 0 aromatic heterocycles. The molecule has 1 fully saturated rings. The van der Waals surface area contributed by atoms with E-state index in [1.807, 2.05) is 0 Å². The van der Waals surface area contributed by atoms with Crippen LogP contribution >= 0.6 is 0 Å². The SMILES string of the molecule is O=C1CCc2c1cccc2C(=O)N1C[C@H](CO)C[C@H](CO)C1. The minimum Gasteiger partial charge on any atom is -0.396 e. The number of benzene rings is 1. The summed E-state index contributed by atoms with van der Waals surface area (Å²) in [5.74, 6) is 0.0226. The summed E-state index contributed by atoms with van der Waals surface area (Å²) in [6.07, 6.45) is 1.83. The number of amides is 1. The van der Waals surface area contributed by atoms with Crippen LogP contribution in [-0.4, -0.2) is 53.1 Å². The highest BCUT2D eigenvalue weighted by Gasteiger charge is 2.32. The van der Waals surface area contributed by atoms with Crippen LogP contribution in [0.15, 0.2) is 18.2 Å². The smallest absolute Gasteiger partial charge is 0.254 e. The molecule has 2 aliphatic rings. The molecule has 1 amide bonds. The summed E-state index contributed by atoms with van der Waals surface area (Å²) in [7, 11) is 0.